The first kappa shape index (κ1) is 25.9. The molecular weight excluding hydrogens is 471 g/mol. The van der Waals surface area contributed by atoms with E-state index in [1.54, 1.807) is 30.3 Å². The van der Waals surface area contributed by atoms with Crippen LogP contribution < -0.4 is 14.8 Å². The summed E-state index contributed by atoms with van der Waals surface area (Å²) in [5.41, 5.74) is 1.17. The Labute approximate surface area is 192 Å². The first-order chi connectivity index (χ1) is 16.0. The van der Waals surface area contributed by atoms with Crippen molar-refractivity contribution in [1.82, 2.24) is 0 Å². The Bertz CT molecular complexity index is 923. The van der Waals surface area contributed by atoms with Gasteiger partial charge in [0.05, 0.1) is 6.10 Å². The number of benzene rings is 2. The van der Waals surface area contributed by atoms with Crippen LogP contribution in [0.25, 0.3) is 0 Å². The molecule has 1 saturated carbocycles. The standard InChI is InChI=1S/C23H24F7NO3/c24-21(25)22(26,27)33-19-8-1-4-15(10-19)13-31-17-6-3-7-18(12-17)32-14-16-5-2-9-20(11-16)34-23(28,29)30/h2-3,5-7,9,11-12,15,19,21,31H,1,4,8,10,13-14H2. The summed E-state index contributed by atoms with van der Waals surface area (Å²) in [6.45, 7) is 0.443. The quantitative estimate of drug-likeness (QED) is 0.360. The van der Waals surface area contributed by atoms with Crippen LogP contribution in [0.3, 0.4) is 0 Å². The van der Waals surface area contributed by atoms with Crippen molar-refractivity contribution in [3.05, 3.63) is 54.1 Å². The molecule has 0 saturated heterocycles. The van der Waals surface area contributed by atoms with Gasteiger partial charge >= 0.3 is 18.9 Å². The zero-order valence-electron chi connectivity index (χ0n) is 18.0. The van der Waals surface area contributed by atoms with Gasteiger partial charge in [-0.25, -0.2) is 8.78 Å². The predicted molar refractivity (Wildman–Crippen MR) is 110 cm³/mol. The summed E-state index contributed by atoms with van der Waals surface area (Å²) < 4.78 is 102. The maximum absolute atomic E-state index is 13.2. The number of anilines is 1. The van der Waals surface area contributed by atoms with E-state index in [0.717, 1.165) is 6.42 Å². The van der Waals surface area contributed by atoms with Crippen molar-refractivity contribution in [1.29, 1.82) is 0 Å². The molecule has 0 spiro atoms. The Balaban J connectivity index is 1.50. The van der Waals surface area contributed by atoms with Crippen LogP contribution in [0.1, 0.15) is 31.2 Å². The monoisotopic (exact) mass is 495 g/mol. The van der Waals surface area contributed by atoms with E-state index in [1.807, 2.05) is 0 Å². The van der Waals surface area contributed by atoms with Gasteiger partial charge < -0.3 is 19.5 Å². The third-order valence-corrected chi connectivity index (χ3v) is 5.28. The highest BCUT2D eigenvalue weighted by molar-refractivity contribution is 5.48. The topological polar surface area (TPSA) is 39.7 Å². The van der Waals surface area contributed by atoms with E-state index in [2.05, 4.69) is 14.8 Å². The first-order valence-corrected chi connectivity index (χ1v) is 10.7. The summed E-state index contributed by atoms with van der Waals surface area (Å²) in [5.74, 6) is 0.0897. The number of hydrogen-bond donors (Lipinski definition) is 1. The molecule has 2 aromatic rings. The molecular formula is C23H24F7NO3. The predicted octanol–water partition coefficient (Wildman–Crippen LogP) is 7.01. The van der Waals surface area contributed by atoms with E-state index >= 15 is 0 Å². The first-order valence-electron chi connectivity index (χ1n) is 10.7. The Morgan fingerprint density at radius 1 is 0.941 bits per heavy atom. The molecule has 1 aliphatic carbocycles. The molecule has 34 heavy (non-hydrogen) atoms. The Morgan fingerprint density at radius 3 is 2.41 bits per heavy atom. The smallest absolute Gasteiger partial charge is 0.489 e. The molecule has 2 atom stereocenters. The molecule has 0 amide bonds. The number of rotatable bonds is 10. The van der Waals surface area contributed by atoms with Gasteiger partial charge in [0.25, 0.3) is 0 Å². The van der Waals surface area contributed by atoms with Crippen LogP contribution in [0, 0.1) is 5.92 Å². The third kappa shape index (κ3) is 8.27. The second kappa shape index (κ2) is 11.2. The zero-order chi connectivity index (χ0) is 24.8. The average Bonchev–Trinajstić information content (AvgIpc) is 2.76. The minimum Gasteiger partial charge on any atom is -0.489 e. The average molecular weight is 495 g/mol. The molecule has 1 aliphatic rings. The van der Waals surface area contributed by atoms with Crippen LogP contribution in [0.5, 0.6) is 11.5 Å². The van der Waals surface area contributed by atoms with Crippen molar-refractivity contribution in [2.24, 2.45) is 5.92 Å². The SMILES string of the molecule is FC(F)C(F)(F)OC1CCCC(CNc2cccc(OCc3cccc(OC(F)(F)F)c3)c2)C1. The van der Waals surface area contributed by atoms with Gasteiger partial charge in [0.15, 0.2) is 0 Å². The van der Waals surface area contributed by atoms with Gasteiger partial charge in [-0.2, -0.15) is 8.78 Å². The van der Waals surface area contributed by atoms with Crippen molar-refractivity contribution in [3.8, 4) is 11.5 Å². The van der Waals surface area contributed by atoms with E-state index < -0.39 is 25.0 Å². The van der Waals surface area contributed by atoms with Crippen LogP contribution >= 0.6 is 0 Å². The number of ether oxygens (including phenoxy) is 3. The summed E-state index contributed by atoms with van der Waals surface area (Å²) in [6, 6.07) is 12.3. The number of halogens is 7. The third-order valence-electron chi connectivity index (χ3n) is 5.28. The van der Waals surface area contributed by atoms with Crippen LogP contribution in [0.2, 0.25) is 0 Å². The Hall–Kier alpha value is -2.69. The van der Waals surface area contributed by atoms with Gasteiger partial charge in [-0.1, -0.05) is 24.6 Å². The molecule has 188 valence electrons. The molecule has 0 aliphatic heterocycles. The Kier molecular flexibility index (Phi) is 8.51. The second-order valence-corrected chi connectivity index (χ2v) is 8.03. The lowest BCUT2D eigenvalue weighted by molar-refractivity contribution is -0.322. The molecule has 0 radical (unpaired) electrons. The highest BCUT2D eigenvalue weighted by Gasteiger charge is 2.45. The van der Waals surface area contributed by atoms with Gasteiger partial charge in [0.1, 0.15) is 18.1 Å². The van der Waals surface area contributed by atoms with Crippen molar-refractivity contribution >= 4 is 5.69 Å². The van der Waals surface area contributed by atoms with Gasteiger partial charge in [0.2, 0.25) is 0 Å². The lowest BCUT2D eigenvalue weighted by Gasteiger charge is -2.31. The second-order valence-electron chi connectivity index (χ2n) is 8.03. The molecule has 0 aromatic heterocycles. The fourth-order valence-electron chi connectivity index (χ4n) is 3.76. The zero-order valence-corrected chi connectivity index (χ0v) is 18.0. The summed E-state index contributed by atoms with van der Waals surface area (Å²) in [4.78, 5) is 0. The van der Waals surface area contributed by atoms with Crippen LogP contribution in [-0.4, -0.2) is 31.5 Å². The summed E-state index contributed by atoms with van der Waals surface area (Å²) >= 11 is 0. The maximum Gasteiger partial charge on any atom is 0.573 e. The van der Waals surface area contributed by atoms with Crippen LogP contribution in [0.15, 0.2) is 48.5 Å². The summed E-state index contributed by atoms with van der Waals surface area (Å²) in [7, 11) is 0. The fraction of sp³-hybridized carbons (Fsp3) is 0.478. The molecule has 1 fully saturated rings. The number of alkyl halides is 7. The fourth-order valence-corrected chi connectivity index (χ4v) is 3.76. The molecule has 4 nitrogen and oxygen atoms in total. The van der Waals surface area contributed by atoms with Crippen molar-refractivity contribution in [2.45, 2.75) is 57.3 Å². The number of nitrogens with one attached hydrogen (secondary N) is 1. The highest BCUT2D eigenvalue weighted by atomic mass is 19.4. The minimum absolute atomic E-state index is 0.0124. The van der Waals surface area contributed by atoms with Crippen molar-refractivity contribution in [2.75, 3.05) is 11.9 Å². The van der Waals surface area contributed by atoms with Crippen LogP contribution in [0.4, 0.5) is 36.4 Å². The van der Waals surface area contributed by atoms with Gasteiger partial charge in [-0.05, 0) is 55.0 Å². The minimum atomic E-state index is -4.78. The van der Waals surface area contributed by atoms with Gasteiger partial charge in [-0.15, -0.1) is 13.2 Å². The van der Waals surface area contributed by atoms with Crippen molar-refractivity contribution < 1.29 is 44.9 Å². The molecule has 2 unspecified atom stereocenters. The van der Waals surface area contributed by atoms with E-state index in [0.29, 0.717) is 36.4 Å². The normalized spacial score (nSPS) is 19.2. The molecule has 2 aromatic carbocycles. The summed E-state index contributed by atoms with van der Waals surface area (Å²) in [5, 5.41) is 3.18. The van der Waals surface area contributed by atoms with E-state index in [4.69, 9.17) is 4.74 Å². The molecule has 3 rings (SSSR count). The van der Waals surface area contributed by atoms with Gasteiger partial charge in [0, 0.05) is 18.3 Å². The molecule has 1 N–H and O–H groups in total. The lowest BCUT2D eigenvalue weighted by atomic mass is 9.87. The highest BCUT2D eigenvalue weighted by Crippen LogP contribution is 2.33. The Morgan fingerprint density at radius 2 is 1.68 bits per heavy atom. The lowest BCUT2D eigenvalue weighted by Crippen LogP contribution is -2.37. The number of hydrogen-bond acceptors (Lipinski definition) is 4. The summed E-state index contributed by atoms with van der Waals surface area (Å²) in [6.07, 6.45) is -12.2. The van der Waals surface area contributed by atoms with Gasteiger partial charge in [-0.3, -0.25) is 0 Å². The van der Waals surface area contributed by atoms with Crippen LogP contribution in [-0.2, 0) is 11.3 Å². The molecule has 0 bridgehead atoms. The van der Waals surface area contributed by atoms with E-state index in [9.17, 15) is 30.7 Å². The molecule has 11 heteroatoms. The van der Waals surface area contributed by atoms with E-state index in [-0.39, 0.29) is 24.7 Å². The van der Waals surface area contributed by atoms with E-state index in [1.165, 1.54) is 18.2 Å². The van der Waals surface area contributed by atoms with Crippen molar-refractivity contribution in [3.63, 3.8) is 0 Å². The largest absolute Gasteiger partial charge is 0.573 e. The maximum atomic E-state index is 13.2. The molecule has 0 heterocycles.